The lowest BCUT2D eigenvalue weighted by atomic mass is 9.99. The third kappa shape index (κ3) is 3.06. The van der Waals surface area contributed by atoms with Crippen LogP contribution in [0.15, 0.2) is 30.6 Å². The average molecular weight is 267 g/mol. The smallest absolute Gasteiger partial charge is 0.0931 e. The number of aryl methyl sites for hydroxylation is 1. The standard InChI is InChI=1S/C13H15ClN2S/c1-2-9-8-16-6-5-11(9)12(15)7-10-3-4-13(14)17-10/h3-6,8,12H,2,7,15H2,1H3. The van der Waals surface area contributed by atoms with Crippen molar-refractivity contribution in [3.63, 3.8) is 0 Å². The van der Waals surface area contributed by atoms with Crippen molar-refractivity contribution in [1.29, 1.82) is 0 Å². The number of halogens is 1. The molecule has 0 bridgehead atoms. The number of hydrogen-bond donors (Lipinski definition) is 1. The topological polar surface area (TPSA) is 38.9 Å². The third-order valence-electron chi connectivity index (χ3n) is 2.77. The van der Waals surface area contributed by atoms with E-state index in [1.807, 2.05) is 24.4 Å². The average Bonchev–Trinajstić information content (AvgIpc) is 2.74. The first-order chi connectivity index (χ1) is 8.20. The lowest BCUT2D eigenvalue weighted by Gasteiger charge is -2.14. The maximum absolute atomic E-state index is 6.25. The van der Waals surface area contributed by atoms with Crippen LogP contribution in [-0.2, 0) is 12.8 Å². The van der Waals surface area contributed by atoms with Crippen molar-refractivity contribution < 1.29 is 0 Å². The molecule has 0 aliphatic carbocycles. The minimum Gasteiger partial charge on any atom is -0.324 e. The molecule has 2 aromatic heterocycles. The number of rotatable bonds is 4. The fraction of sp³-hybridized carbons (Fsp3) is 0.308. The summed E-state index contributed by atoms with van der Waals surface area (Å²) in [5.74, 6) is 0. The van der Waals surface area contributed by atoms with E-state index in [9.17, 15) is 0 Å². The summed E-state index contributed by atoms with van der Waals surface area (Å²) in [6.45, 7) is 2.12. The van der Waals surface area contributed by atoms with Gasteiger partial charge in [-0.25, -0.2) is 0 Å². The number of nitrogens with zero attached hydrogens (tertiary/aromatic N) is 1. The molecule has 2 aromatic rings. The second kappa shape index (κ2) is 5.63. The van der Waals surface area contributed by atoms with E-state index in [-0.39, 0.29) is 6.04 Å². The Morgan fingerprint density at radius 1 is 1.41 bits per heavy atom. The second-order valence-electron chi connectivity index (χ2n) is 3.94. The predicted molar refractivity (Wildman–Crippen MR) is 73.6 cm³/mol. The molecule has 0 aliphatic heterocycles. The molecule has 0 amide bonds. The van der Waals surface area contributed by atoms with E-state index in [4.69, 9.17) is 17.3 Å². The summed E-state index contributed by atoms with van der Waals surface area (Å²) < 4.78 is 0.817. The molecular formula is C13H15ClN2S. The summed E-state index contributed by atoms with van der Waals surface area (Å²) in [6.07, 6.45) is 5.49. The zero-order chi connectivity index (χ0) is 12.3. The molecule has 2 N–H and O–H groups in total. The van der Waals surface area contributed by atoms with Gasteiger partial charge in [-0.05, 0) is 35.7 Å². The minimum atomic E-state index is 0.0164. The molecule has 2 nitrogen and oxygen atoms in total. The largest absolute Gasteiger partial charge is 0.324 e. The first kappa shape index (κ1) is 12.6. The van der Waals surface area contributed by atoms with Crippen LogP contribution in [0.2, 0.25) is 4.34 Å². The van der Waals surface area contributed by atoms with Crippen LogP contribution in [0.25, 0.3) is 0 Å². The molecule has 0 aliphatic rings. The van der Waals surface area contributed by atoms with E-state index in [1.165, 1.54) is 16.0 Å². The van der Waals surface area contributed by atoms with Crippen molar-refractivity contribution in [1.82, 2.24) is 4.98 Å². The monoisotopic (exact) mass is 266 g/mol. The zero-order valence-electron chi connectivity index (χ0n) is 9.69. The molecule has 1 atom stereocenters. The molecule has 0 aromatic carbocycles. The lowest BCUT2D eigenvalue weighted by molar-refractivity contribution is 0.717. The van der Waals surface area contributed by atoms with Crippen LogP contribution in [0.4, 0.5) is 0 Å². The Morgan fingerprint density at radius 2 is 2.24 bits per heavy atom. The van der Waals surface area contributed by atoms with Gasteiger partial charge < -0.3 is 5.73 Å². The quantitative estimate of drug-likeness (QED) is 0.918. The molecule has 0 saturated heterocycles. The van der Waals surface area contributed by atoms with Gasteiger partial charge in [0.05, 0.1) is 4.34 Å². The van der Waals surface area contributed by atoms with Gasteiger partial charge in [0.2, 0.25) is 0 Å². The van der Waals surface area contributed by atoms with E-state index in [0.717, 1.165) is 17.2 Å². The third-order valence-corrected chi connectivity index (χ3v) is 4.03. The van der Waals surface area contributed by atoms with Crippen LogP contribution >= 0.6 is 22.9 Å². The fourth-order valence-corrected chi connectivity index (χ4v) is 3.03. The number of thiophene rings is 1. The van der Waals surface area contributed by atoms with E-state index < -0.39 is 0 Å². The van der Waals surface area contributed by atoms with Crippen LogP contribution in [0.5, 0.6) is 0 Å². The van der Waals surface area contributed by atoms with Gasteiger partial charge in [0.1, 0.15) is 0 Å². The van der Waals surface area contributed by atoms with Gasteiger partial charge in [-0.1, -0.05) is 18.5 Å². The summed E-state index contributed by atoms with van der Waals surface area (Å²) in [5, 5.41) is 0. The van der Waals surface area contributed by atoms with Crippen molar-refractivity contribution >= 4 is 22.9 Å². The Labute approximate surface area is 110 Å². The molecular weight excluding hydrogens is 252 g/mol. The Hall–Kier alpha value is -0.900. The highest BCUT2D eigenvalue weighted by Crippen LogP contribution is 2.26. The maximum Gasteiger partial charge on any atom is 0.0931 e. The molecule has 2 rings (SSSR count). The molecule has 17 heavy (non-hydrogen) atoms. The van der Waals surface area contributed by atoms with Crippen LogP contribution in [0, 0.1) is 0 Å². The Bertz CT molecular complexity index is 496. The van der Waals surface area contributed by atoms with E-state index in [1.54, 1.807) is 17.5 Å². The van der Waals surface area contributed by atoms with Crippen LogP contribution in [0.1, 0.15) is 29.0 Å². The molecule has 1 unspecified atom stereocenters. The first-order valence-electron chi connectivity index (χ1n) is 5.63. The van der Waals surface area contributed by atoms with Gasteiger partial charge in [0, 0.05) is 29.7 Å². The molecule has 0 radical (unpaired) electrons. The molecule has 4 heteroatoms. The molecule has 2 heterocycles. The van der Waals surface area contributed by atoms with Gasteiger partial charge in [0.25, 0.3) is 0 Å². The van der Waals surface area contributed by atoms with Gasteiger partial charge in [-0.2, -0.15) is 0 Å². The highest BCUT2D eigenvalue weighted by Gasteiger charge is 2.12. The summed E-state index contributed by atoms with van der Waals surface area (Å²) in [6, 6.07) is 5.99. The van der Waals surface area contributed by atoms with Crippen molar-refractivity contribution in [2.45, 2.75) is 25.8 Å². The Balaban J connectivity index is 2.16. The van der Waals surface area contributed by atoms with Gasteiger partial charge >= 0.3 is 0 Å². The van der Waals surface area contributed by atoms with Gasteiger partial charge in [0.15, 0.2) is 0 Å². The first-order valence-corrected chi connectivity index (χ1v) is 6.82. The van der Waals surface area contributed by atoms with Crippen molar-refractivity contribution in [2.24, 2.45) is 5.73 Å². The van der Waals surface area contributed by atoms with E-state index in [2.05, 4.69) is 11.9 Å². The normalized spacial score (nSPS) is 12.6. The van der Waals surface area contributed by atoms with Crippen LogP contribution in [-0.4, -0.2) is 4.98 Å². The minimum absolute atomic E-state index is 0.0164. The zero-order valence-corrected chi connectivity index (χ0v) is 11.3. The molecule has 90 valence electrons. The summed E-state index contributed by atoms with van der Waals surface area (Å²) in [5.41, 5.74) is 8.66. The number of nitrogens with two attached hydrogens (primary N) is 1. The molecule has 0 fully saturated rings. The highest BCUT2D eigenvalue weighted by molar-refractivity contribution is 7.16. The lowest BCUT2D eigenvalue weighted by Crippen LogP contribution is -2.14. The van der Waals surface area contributed by atoms with Crippen LogP contribution < -0.4 is 5.73 Å². The van der Waals surface area contributed by atoms with Gasteiger partial charge in [-0.15, -0.1) is 11.3 Å². The number of pyridine rings is 1. The SMILES string of the molecule is CCc1cnccc1C(N)Cc1ccc(Cl)s1. The highest BCUT2D eigenvalue weighted by atomic mass is 35.5. The van der Waals surface area contributed by atoms with Crippen molar-refractivity contribution in [3.8, 4) is 0 Å². The predicted octanol–water partition coefficient (Wildman–Crippen LogP) is 3.60. The second-order valence-corrected chi connectivity index (χ2v) is 5.74. The van der Waals surface area contributed by atoms with E-state index >= 15 is 0 Å². The fourth-order valence-electron chi connectivity index (χ4n) is 1.88. The van der Waals surface area contributed by atoms with Crippen molar-refractivity contribution in [3.05, 3.63) is 50.9 Å². The number of aromatic nitrogens is 1. The Morgan fingerprint density at radius 3 is 2.88 bits per heavy atom. The number of hydrogen-bond acceptors (Lipinski definition) is 3. The molecule has 0 spiro atoms. The maximum atomic E-state index is 6.25. The van der Waals surface area contributed by atoms with E-state index in [0.29, 0.717) is 0 Å². The summed E-state index contributed by atoms with van der Waals surface area (Å²) in [4.78, 5) is 5.36. The molecule has 0 saturated carbocycles. The van der Waals surface area contributed by atoms with Gasteiger partial charge in [-0.3, -0.25) is 4.98 Å². The van der Waals surface area contributed by atoms with Crippen molar-refractivity contribution in [2.75, 3.05) is 0 Å². The summed E-state index contributed by atoms with van der Waals surface area (Å²) >= 11 is 7.51. The van der Waals surface area contributed by atoms with Crippen LogP contribution in [0.3, 0.4) is 0 Å². The summed E-state index contributed by atoms with van der Waals surface area (Å²) in [7, 11) is 0. The Kier molecular flexibility index (Phi) is 4.15.